The lowest BCUT2D eigenvalue weighted by Crippen LogP contribution is -2.46. The molecule has 4 rings (SSSR count). The van der Waals surface area contributed by atoms with Gasteiger partial charge in [-0.15, -0.1) is 0 Å². The molecule has 0 unspecified atom stereocenters. The van der Waals surface area contributed by atoms with Crippen LogP contribution in [-0.2, 0) is 20.0 Å². The van der Waals surface area contributed by atoms with Crippen molar-refractivity contribution in [2.45, 2.75) is 80.4 Å². The van der Waals surface area contributed by atoms with Crippen LogP contribution in [0, 0.1) is 5.41 Å². The monoisotopic (exact) mass is 454 g/mol. The first-order chi connectivity index (χ1) is 14.3. The molecule has 1 spiro atoms. The Morgan fingerprint density at radius 3 is 1.57 bits per heavy atom. The highest BCUT2D eigenvalue weighted by Crippen LogP contribution is 2.44. The number of hydrogen-bond donors (Lipinski definition) is 0. The first kappa shape index (κ1) is 22.2. The molecule has 1 aromatic carbocycles. The van der Waals surface area contributed by atoms with E-state index in [0.29, 0.717) is 26.2 Å². The maximum absolute atomic E-state index is 13.3. The van der Waals surface area contributed by atoms with Crippen LogP contribution in [0.25, 0.3) is 0 Å². The standard InChI is InChI=1S/C22H34N2O4S2/c25-29(26,23-16-6-1-2-7-17-23)20-9-11-21(12-10-20)30(27,28)24-18-8-15-22(19-24)13-4-3-5-14-22/h9-12H,1-8,13-19H2. The molecule has 1 aromatic rings. The number of rotatable bonds is 4. The van der Waals surface area contributed by atoms with E-state index < -0.39 is 20.0 Å². The molecule has 2 heterocycles. The molecule has 3 fully saturated rings. The van der Waals surface area contributed by atoms with Crippen molar-refractivity contribution in [1.29, 1.82) is 0 Å². The summed E-state index contributed by atoms with van der Waals surface area (Å²) in [6.07, 6.45) is 11.8. The average Bonchev–Trinajstić information content (AvgIpc) is 3.05. The van der Waals surface area contributed by atoms with Gasteiger partial charge in [-0.2, -0.15) is 8.61 Å². The summed E-state index contributed by atoms with van der Waals surface area (Å²) in [6.45, 7) is 2.23. The second-order valence-electron chi connectivity index (χ2n) is 9.29. The molecule has 2 saturated heterocycles. The first-order valence-corrected chi connectivity index (χ1v) is 14.3. The fourth-order valence-corrected chi connectivity index (χ4v) is 8.55. The maximum atomic E-state index is 13.3. The number of benzene rings is 1. The molecular weight excluding hydrogens is 420 g/mol. The van der Waals surface area contributed by atoms with Crippen LogP contribution in [0.4, 0.5) is 0 Å². The third-order valence-electron chi connectivity index (χ3n) is 7.20. The van der Waals surface area contributed by atoms with E-state index in [4.69, 9.17) is 0 Å². The lowest BCUT2D eigenvalue weighted by Gasteiger charge is -2.44. The normalized spacial score (nSPS) is 24.5. The molecule has 0 radical (unpaired) electrons. The van der Waals surface area contributed by atoms with Crippen molar-refractivity contribution in [3.63, 3.8) is 0 Å². The molecule has 2 aliphatic heterocycles. The Balaban J connectivity index is 1.52. The van der Waals surface area contributed by atoms with Gasteiger partial charge in [-0.1, -0.05) is 32.1 Å². The van der Waals surface area contributed by atoms with Crippen LogP contribution in [-0.4, -0.2) is 51.6 Å². The van der Waals surface area contributed by atoms with Crippen LogP contribution in [0.1, 0.15) is 70.6 Å². The molecule has 0 bridgehead atoms. The third kappa shape index (κ3) is 4.47. The van der Waals surface area contributed by atoms with Crippen LogP contribution in [0.15, 0.2) is 34.1 Å². The van der Waals surface area contributed by atoms with Gasteiger partial charge < -0.3 is 0 Å². The van der Waals surface area contributed by atoms with Crippen LogP contribution in [0.3, 0.4) is 0 Å². The zero-order chi connectivity index (χ0) is 21.2. The van der Waals surface area contributed by atoms with Crippen molar-refractivity contribution in [2.75, 3.05) is 26.2 Å². The lowest BCUT2D eigenvalue weighted by molar-refractivity contribution is 0.0965. The predicted molar refractivity (Wildman–Crippen MR) is 117 cm³/mol. The van der Waals surface area contributed by atoms with Gasteiger partial charge in [0.05, 0.1) is 9.79 Å². The molecule has 1 saturated carbocycles. The van der Waals surface area contributed by atoms with E-state index >= 15 is 0 Å². The Hall–Kier alpha value is -0.960. The quantitative estimate of drug-likeness (QED) is 0.689. The Bertz CT molecular complexity index is 922. The Kier molecular flexibility index (Phi) is 6.59. The van der Waals surface area contributed by atoms with Gasteiger partial charge in [-0.25, -0.2) is 16.8 Å². The highest BCUT2D eigenvalue weighted by Gasteiger charge is 2.40. The van der Waals surface area contributed by atoms with E-state index in [9.17, 15) is 16.8 Å². The van der Waals surface area contributed by atoms with Gasteiger partial charge in [-0.3, -0.25) is 0 Å². The fourth-order valence-electron chi connectivity index (χ4n) is 5.44. The fraction of sp³-hybridized carbons (Fsp3) is 0.727. The second-order valence-corrected chi connectivity index (χ2v) is 13.2. The number of hydrogen-bond acceptors (Lipinski definition) is 4. The van der Waals surface area contributed by atoms with E-state index in [-0.39, 0.29) is 15.2 Å². The van der Waals surface area contributed by atoms with Gasteiger partial charge in [0.2, 0.25) is 20.0 Å². The molecular formula is C22H34N2O4S2. The number of nitrogens with zero attached hydrogens (tertiary/aromatic N) is 2. The predicted octanol–water partition coefficient (Wildman–Crippen LogP) is 3.99. The first-order valence-electron chi connectivity index (χ1n) is 11.4. The molecule has 30 heavy (non-hydrogen) atoms. The lowest BCUT2D eigenvalue weighted by atomic mass is 9.70. The van der Waals surface area contributed by atoms with Crippen molar-refractivity contribution in [1.82, 2.24) is 8.61 Å². The van der Waals surface area contributed by atoms with Crippen molar-refractivity contribution >= 4 is 20.0 Å². The largest absolute Gasteiger partial charge is 0.243 e. The summed E-state index contributed by atoms with van der Waals surface area (Å²) in [7, 11) is -7.18. The summed E-state index contributed by atoms with van der Waals surface area (Å²) in [5, 5.41) is 0. The molecule has 0 amide bonds. The van der Waals surface area contributed by atoms with Crippen molar-refractivity contribution in [3.8, 4) is 0 Å². The molecule has 6 nitrogen and oxygen atoms in total. The molecule has 0 aromatic heterocycles. The summed E-state index contributed by atoms with van der Waals surface area (Å²) in [5.41, 5.74) is 0.139. The third-order valence-corrected chi connectivity index (χ3v) is 11.0. The zero-order valence-electron chi connectivity index (χ0n) is 17.8. The zero-order valence-corrected chi connectivity index (χ0v) is 19.4. The highest BCUT2D eigenvalue weighted by atomic mass is 32.2. The minimum Gasteiger partial charge on any atom is -0.207 e. The van der Waals surface area contributed by atoms with Crippen LogP contribution >= 0.6 is 0 Å². The van der Waals surface area contributed by atoms with E-state index in [1.165, 1.54) is 43.5 Å². The Labute approximate surface area is 181 Å². The van der Waals surface area contributed by atoms with Gasteiger partial charge in [0, 0.05) is 26.2 Å². The minimum atomic E-state index is -3.61. The van der Waals surface area contributed by atoms with Gasteiger partial charge in [-0.05, 0) is 68.2 Å². The summed E-state index contributed by atoms with van der Waals surface area (Å²) in [5.74, 6) is 0. The summed E-state index contributed by atoms with van der Waals surface area (Å²) < 4.78 is 55.7. The van der Waals surface area contributed by atoms with E-state index in [2.05, 4.69) is 0 Å². The van der Waals surface area contributed by atoms with Crippen molar-refractivity contribution < 1.29 is 16.8 Å². The van der Waals surface area contributed by atoms with Gasteiger partial charge in [0.25, 0.3) is 0 Å². The second kappa shape index (κ2) is 8.88. The Morgan fingerprint density at radius 1 is 0.567 bits per heavy atom. The van der Waals surface area contributed by atoms with Crippen molar-refractivity contribution in [3.05, 3.63) is 24.3 Å². The number of sulfonamides is 2. The van der Waals surface area contributed by atoms with E-state index in [1.54, 1.807) is 8.61 Å². The molecule has 3 aliphatic rings. The topological polar surface area (TPSA) is 74.8 Å². The van der Waals surface area contributed by atoms with Crippen LogP contribution < -0.4 is 0 Å². The van der Waals surface area contributed by atoms with Crippen LogP contribution in [0.2, 0.25) is 0 Å². The van der Waals surface area contributed by atoms with E-state index in [0.717, 1.165) is 51.4 Å². The van der Waals surface area contributed by atoms with E-state index in [1.807, 2.05) is 0 Å². The van der Waals surface area contributed by atoms with Gasteiger partial charge in [0.15, 0.2) is 0 Å². The molecule has 0 N–H and O–H groups in total. The average molecular weight is 455 g/mol. The van der Waals surface area contributed by atoms with Crippen LogP contribution in [0.5, 0.6) is 0 Å². The summed E-state index contributed by atoms with van der Waals surface area (Å²) in [4.78, 5) is 0.385. The number of piperidine rings is 1. The molecule has 168 valence electrons. The summed E-state index contributed by atoms with van der Waals surface area (Å²) in [6, 6.07) is 5.88. The SMILES string of the molecule is O=S(=O)(c1ccc(S(=O)(=O)N2CCCC3(CCCCC3)C2)cc1)N1CCCCCC1. The molecule has 8 heteroatoms. The van der Waals surface area contributed by atoms with Gasteiger partial charge >= 0.3 is 0 Å². The smallest absolute Gasteiger partial charge is 0.207 e. The highest BCUT2D eigenvalue weighted by molar-refractivity contribution is 7.89. The van der Waals surface area contributed by atoms with Gasteiger partial charge in [0.1, 0.15) is 0 Å². The minimum absolute atomic E-state index is 0.139. The Morgan fingerprint density at radius 2 is 1.00 bits per heavy atom. The van der Waals surface area contributed by atoms with Crippen molar-refractivity contribution in [2.24, 2.45) is 5.41 Å². The molecule has 0 atom stereocenters. The maximum Gasteiger partial charge on any atom is 0.243 e. The summed E-state index contributed by atoms with van der Waals surface area (Å²) >= 11 is 0. The molecule has 1 aliphatic carbocycles.